The van der Waals surface area contributed by atoms with Crippen LogP contribution in [0.15, 0.2) is 96.3 Å². The molecule has 0 unspecified atom stereocenters. The highest BCUT2D eigenvalue weighted by Gasteiger charge is 2.18. The van der Waals surface area contributed by atoms with Crippen LogP contribution >= 0.6 is 23.2 Å². The zero-order valence-corrected chi connectivity index (χ0v) is 20.3. The van der Waals surface area contributed by atoms with Crippen molar-refractivity contribution >= 4 is 33.0 Å². The van der Waals surface area contributed by atoms with Crippen LogP contribution in [0.25, 0.3) is 34.0 Å². The van der Waals surface area contributed by atoms with Gasteiger partial charge in [0.15, 0.2) is 15.7 Å². The zero-order valence-electron chi connectivity index (χ0n) is 17.9. The predicted octanol–water partition coefficient (Wildman–Crippen LogP) is 6.10. The second kappa shape index (κ2) is 8.76. The molecule has 6 nitrogen and oxygen atoms in total. The Morgan fingerprint density at radius 2 is 1.56 bits per heavy atom. The fourth-order valence-electron chi connectivity index (χ4n) is 3.69. The standard InChI is InChI=1S/C25H18Cl2N4O2S/c1-34(32,33)20-6-2-5-18(15-20)17-9-11-19(12-10-17)30-16-23(31-14-4-13-28-31)29-25(30)24-21(26)7-3-8-22(24)27/h2-16H,1H3. The highest BCUT2D eigenvalue weighted by molar-refractivity contribution is 7.90. The molecule has 0 aliphatic heterocycles. The number of benzene rings is 3. The van der Waals surface area contributed by atoms with Crippen LogP contribution < -0.4 is 0 Å². The van der Waals surface area contributed by atoms with Crippen molar-refractivity contribution < 1.29 is 8.42 Å². The van der Waals surface area contributed by atoms with Crippen LogP contribution in [0.5, 0.6) is 0 Å². The van der Waals surface area contributed by atoms with Crippen molar-refractivity contribution in [1.29, 1.82) is 0 Å². The van der Waals surface area contributed by atoms with Crippen molar-refractivity contribution in [2.45, 2.75) is 4.90 Å². The average molecular weight is 509 g/mol. The SMILES string of the molecule is CS(=O)(=O)c1cccc(-c2ccc(-n3cc(-n4cccn4)nc3-c3c(Cl)cccc3Cl)cc2)c1. The smallest absolute Gasteiger partial charge is 0.175 e. The minimum absolute atomic E-state index is 0.281. The quantitative estimate of drug-likeness (QED) is 0.287. The molecule has 5 rings (SSSR count). The second-order valence-electron chi connectivity index (χ2n) is 7.69. The fourth-order valence-corrected chi connectivity index (χ4v) is 4.92. The number of aromatic nitrogens is 4. The number of halogens is 2. The molecule has 2 aromatic heterocycles. The summed E-state index contributed by atoms with van der Waals surface area (Å²) in [5.41, 5.74) is 3.15. The Balaban J connectivity index is 1.62. The number of imidazole rings is 1. The van der Waals surface area contributed by atoms with E-state index in [1.54, 1.807) is 47.3 Å². The Morgan fingerprint density at radius 3 is 2.21 bits per heavy atom. The van der Waals surface area contributed by atoms with E-state index >= 15 is 0 Å². The molecule has 0 radical (unpaired) electrons. The van der Waals surface area contributed by atoms with Gasteiger partial charge >= 0.3 is 0 Å². The lowest BCUT2D eigenvalue weighted by Gasteiger charge is -2.11. The van der Waals surface area contributed by atoms with Gasteiger partial charge in [-0.15, -0.1) is 0 Å². The molecule has 0 amide bonds. The number of nitrogens with zero attached hydrogens (tertiary/aromatic N) is 4. The summed E-state index contributed by atoms with van der Waals surface area (Å²) in [5.74, 6) is 1.19. The van der Waals surface area contributed by atoms with E-state index < -0.39 is 9.84 Å². The van der Waals surface area contributed by atoms with Gasteiger partial charge in [-0.2, -0.15) is 5.10 Å². The average Bonchev–Trinajstić information content (AvgIpc) is 3.49. The summed E-state index contributed by atoms with van der Waals surface area (Å²) in [6.07, 6.45) is 6.55. The van der Waals surface area contributed by atoms with E-state index in [0.717, 1.165) is 16.8 Å². The Labute approximate surface area is 207 Å². The minimum atomic E-state index is -3.29. The molecule has 0 aliphatic carbocycles. The number of sulfone groups is 1. The van der Waals surface area contributed by atoms with Gasteiger partial charge in [0.25, 0.3) is 0 Å². The first kappa shape index (κ1) is 22.4. The maximum absolute atomic E-state index is 11.9. The van der Waals surface area contributed by atoms with Crippen LogP contribution in [0.2, 0.25) is 10.0 Å². The highest BCUT2D eigenvalue weighted by atomic mass is 35.5. The van der Waals surface area contributed by atoms with Gasteiger partial charge in [0.2, 0.25) is 0 Å². The highest BCUT2D eigenvalue weighted by Crippen LogP contribution is 2.36. The van der Waals surface area contributed by atoms with E-state index in [1.165, 1.54) is 6.26 Å². The van der Waals surface area contributed by atoms with E-state index in [1.807, 2.05) is 53.4 Å². The molecule has 0 saturated carbocycles. The van der Waals surface area contributed by atoms with Crippen LogP contribution in [0.4, 0.5) is 0 Å². The molecule has 170 valence electrons. The molecule has 34 heavy (non-hydrogen) atoms. The topological polar surface area (TPSA) is 69.8 Å². The monoisotopic (exact) mass is 508 g/mol. The van der Waals surface area contributed by atoms with Crippen molar-refractivity contribution in [3.63, 3.8) is 0 Å². The van der Waals surface area contributed by atoms with Crippen molar-refractivity contribution in [3.05, 3.63) is 101 Å². The maximum atomic E-state index is 11.9. The van der Waals surface area contributed by atoms with Gasteiger partial charge < -0.3 is 0 Å². The maximum Gasteiger partial charge on any atom is 0.175 e. The number of hydrogen-bond acceptors (Lipinski definition) is 4. The first-order chi connectivity index (χ1) is 16.3. The summed E-state index contributed by atoms with van der Waals surface area (Å²) in [4.78, 5) is 5.05. The van der Waals surface area contributed by atoms with E-state index in [-0.39, 0.29) is 4.90 Å². The molecule has 5 aromatic rings. The summed E-state index contributed by atoms with van der Waals surface area (Å²) in [6, 6.07) is 21.8. The molecule has 9 heteroatoms. The molecule has 0 atom stereocenters. The van der Waals surface area contributed by atoms with Crippen LogP contribution in [-0.2, 0) is 9.84 Å². The van der Waals surface area contributed by atoms with E-state index in [9.17, 15) is 8.42 Å². The van der Waals surface area contributed by atoms with Gasteiger partial charge in [-0.3, -0.25) is 4.57 Å². The lowest BCUT2D eigenvalue weighted by molar-refractivity contribution is 0.602. The van der Waals surface area contributed by atoms with Crippen LogP contribution in [0, 0.1) is 0 Å². The van der Waals surface area contributed by atoms with Crippen molar-refractivity contribution in [1.82, 2.24) is 19.3 Å². The second-order valence-corrected chi connectivity index (χ2v) is 10.5. The Kier molecular flexibility index (Phi) is 5.77. The first-order valence-electron chi connectivity index (χ1n) is 10.3. The molecule has 0 spiro atoms. The van der Waals surface area contributed by atoms with Crippen LogP contribution in [-0.4, -0.2) is 34.0 Å². The molecular formula is C25H18Cl2N4O2S. The van der Waals surface area contributed by atoms with Gasteiger partial charge in [-0.05, 0) is 53.6 Å². The van der Waals surface area contributed by atoms with Gasteiger partial charge in [-0.25, -0.2) is 18.1 Å². The molecular weight excluding hydrogens is 491 g/mol. The van der Waals surface area contributed by atoms with E-state index in [4.69, 9.17) is 28.2 Å². The molecule has 2 heterocycles. The summed E-state index contributed by atoms with van der Waals surface area (Å²) in [5, 5.41) is 5.25. The van der Waals surface area contributed by atoms with Crippen LogP contribution in [0.1, 0.15) is 0 Å². The van der Waals surface area contributed by atoms with Gasteiger partial charge in [0, 0.05) is 24.3 Å². The largest absolute Gasteiger partial charge is 0.297 e. The van der Waals surface area contributed by atoms with Crippen molar-refractivity contribution in [2.24, 2.45) is 0 Å². The summed E-state index contributed by atoms with van der Waals surface area (Å²) in [7, 11) is -3.29. The molecule has 0 bridgehead atoms. The van der Waals surface area contributed by atoms with E-state index in [2.05, 4.69) is 5.10 Å². The Bertz CT molecular complexity index is 1570. The normalized spacial score (nSPS) is 11.6. The fraction of sp³-hybridized carbons (Fsp3) is 0.0400. The molecule has 3 aromatic carbocycles. The number of hydrogen-bond donors (Lipinski definition) is 0. The van der Waals surface area contributed by atoms with Gasteiger partial charge in [0.05, 0.1) is 26.7 Å². The van der Waals surface area contributed by atoms with Gasteiger partial charge in [0.1, 0.15) is 5.82 Å². The summed E-state index contributed by atoms with van der Waals surface area (Å²) >= 11 is 13.0. The van der Waals surface area contributed by atoms with E-state index in [0.29, 0.717) is 27.3 Å². The van der Waals surface area contributed by atoms with Crippen molar-refractivity contribution in [2.75, 3.05) is 6.26 Å². The predicted molar refractivity (Wildman–Crippen MR) is 135 cm³/mol. The molecule has 0 fully saturated rings. The lowest BCUT2D eigenvalue weighted by Crippen LogP contribution is -1.98. The van der Waals surface area contributed by atoms with Crippen LogP contribution in [0.3, 0.4) is 0 Å². The Morgan fingerprint density at radius 1 is 0.853 bits per heavy atom. The summed E-state index contributed by atoms with van der Waals surface area (Å²) in [6.45, 7) is 0. The third kappa shape index (κ3) is 4.25. The number of rotatable bonds is 5. The molecule has 0 N–H and O–H groups in total. The van der Waals surface area contributed by atoms with Crippen molar-refractivity contribution in [3.8, 4) is 34.0 Å². The third-order valence-electron chi connectivity index (χ3n) is 5.36. The molecule has 0 aliphatic rings. The minimum Gasteiger partial charge on any atom is -0.297 e. The third-order valence-corrected chi connectivity index (χ3v) is 7.10. The molecule has 0 saturated heterocycles. The summed E-state index contributed by atoms with van der Waals surface area (Å²) < 4.78 is 27.5. The van der Waals surface area contributed by atoms with Gasteiger partial charge in [-0.1, -0.05) is 53.5 Å². The first-order valence-corrected chi connectivity index (χ1v) is 12.9. The lowest BCUT2D eigenvalue weighted by atomic mass is 10.1. The Hall–Kier alpha value is -3.39. The zero-order chi connectivity index (χ0) is 23.9.